The van der Waals surface area contributed by atoms with Gasteiger partial charge in [0.25, 0.3) is 0 Å². The van der Waals surface area contributed by atoms with E-state index in [0.717, 1.165) is 5.75 Å². The maximum atomic E-state index is 11.6. The summed E-state index contributed by atoms with van der Waals surface area (Å²) in [5, 5.41) is 11.6. The highest BCUT2D eigenvalue weighted by Crippen LogP contribution is 2.15. The van der Waals surface area contributed by atoms with Crippen LogP contribution in [0.1, 0.15) is 6.92 Å². The Morgan fingerprint density at radius 2 is 2.00 bits per heavy atom. The van der Waals surface area contributed by atoms with Crippen LogP contribution in [0.3, 0.4) is 0 Å². The van der Waals surface area contributed by atoms with Crippen LogP contribution in [-0.2, 0) is 9.59 Å². The fourth-order valence-electron chi connectivity index (χ4n) is 1.48. The Balaban J connectivity index is 2.19. The number of likely N-dealkylation sites (N-methyl/N-ethyl adjacent to an activating group) is 1. The number of amides is 1. The molecule has 0 bridgehead atoms. The van der Waals surface area contributed by atoms with Crippen LogP contribution in [0.25, 0.3) is 0 Å². The molecule has 1 rings (SSSR count). The number of hydrogen-bond acceptors (Lipinski definition) is 4. The van der Waals surface area contributed by atoms with Gasteiger partial charge in [0, 0.05) is 17.2 Å². The summed E-state index contributed by atoms with van der Waals surface area (Å²) in [5.41, 5.74) is 0. The number of thioether (sulfide) groups is 1. The molecule has 1 amide bonds. The molecule has 1 aromatic carbocycles. The maximum absolute atomic E-state index is 11.6. The van der Waals surface area contributed by atoms with Gasteiger partial charge in [0.1, 0.15) is 6.04 Å². The molecule has 1 atom stereocenters. The molecule has 0 saturated carbocycles. The van der Waals surface area contributed by atoms with Gasteiger partial charge in [-0.05, 0) is 26.1 Å². The Kier molecular flexibility index (Phi) is 7.11. The molecule has 5 nitrogen and oxygen atoms in total. The minimum atomic E-state index is -0.931. The van der Waals surface area contributed by atoms with Crippen molar-refractivity contribution in [3.63, 3.8) is 0 Å². The van der Waals surface area contributed by atoms with Crippen LogP contribution in [0, 0.1) is 0 Å². The quantitative estimate of drug-likeness (QED) is 0.559. The van der Waals surface area contributed by atoms with Crippen LogP contribution in [0.15, 0.2) is 35.2 Å². The van der Waals surface area contributed by atoms with E-state index in [0.29, 0.717) is 6.54 Å². The van der Waals surface area contributed by atoms with E-state index >= 15 is 0 Å². The Labute approximate surface area is 123 Å². The molecule has 1 aromatic rings. The van der Waals surface area contributed by atoms with E-state index in [1.54, 1.807) is 25.7 Å². The first kappa shape index (κ1) is 16.5. The molecule has 0 aliphatic carbocycles. The minimum absolute atomic E-state index is 0.0868. The lowest BCUT2D eigenvalue weighted by molar-refractivity contribution is -0.142. The van der Waals surface area contributed by atoms with Crippen molar-refractivity contribution in [2.45, 2.75) is 17.9 Å². The largest absolute Gasteiger partial charge is 0.480 e. The minimum Gasteiger partial charge on any atom is -0.480 e. The van der Waals surface area contributed by atoms with Gasteiger partial charge in [-0.15, -0.1) is 11.8 Å². The standard InChI is InChI=1S/C14H20N2O3S/c1-11(14(18)19)16(2)10-13(17)15-8-9-20-12-6-4-3-5-7-12/h3-7,11H,8-10H2,1-2H3,(H,15,17)(H,18,19). The van der Waals surface area contributed by atoms with Gasteiger partial charge < -0.3 is 10.4 Å². The molecule has 0 heterocycles. The molecular weight excluding hydrogens is 276 g/mol. The molecule has 1 unspecified atom stereocenters. The van der Waals surface area contributed by atoms with E-state index in [1.807, 2.05) is 30.3 Å². The van der Waals surface area contributed by atoms with Crippen molar-refractivity contribution in [2.24, 2.45) is 0 Å². The van der Waals surface area contributed by atoms with Crippen LogP contribution in [0.5, 0.6) is 0 Å². The molecule has 2 N–H and O–H groups in total. The summed E-state index contributed by atoms with van der Waals surface area (Å²) in [4.78, 5) is 25.1. The van der Waals surface area contributed by atoms with Crippen molar-refractivity contribution in [3.05, 3.63) is 30.3 Å². The van der Waals surface area contributed by atoms with Gasteiger partial charge in [-0.2, -0.15) is 0 Å². The van der Waals surface area contributed by atoms with Crippen LogP contribution in [-0.4, -0.2) is 53.8 Å². The second-order valence-electron chi connectivity index (χ2n) is 4.44. The van der Waals surface area contributed by atoms with Gasteiger partial charge in [-0.25, -0.2) is 0 Å². The molecule has 0 aliphatic rings. The van der Waals surface area contributed by atoms with Gasteiger partial charge in [0.15, 0.2) is 0 Å². The molecule has 110 valence electrons. The number of carboxylic acids is 1. The molecule has 0 fully saturated rings. The number of aliphatic carboxylic acids is 1. The lowest BCUT2D eigenvalue weighted by Crippen LogP contribution is -2.43. The summed E-state index contributed by atoms with van der Waals surface area (Å²) in [5.74, 6) is -0.303. The van der Waals surface area contributed by atoms with E-state index in [9.17, 15) is 9.59 Å². The number of hydrogen-bond donors (Lipinski definition) is 2. The zero-order valence-corrected chi connectivity index (χ0v) is 12.5. The topological polar surface area (TPSA) is 69.6 Å². The lowest BCUT2D eigenvalue weighted by atomic mass is 10.3. The summed E-state index contributed by atoms with van der Waals surface area (Å²) in [6.07, 6.45) is 0. The monoisotopic (exact) mass is 296 g/mol. The van der Waals surface area contributed by atoms with E-state index < -0.39 is 12.0 Å². The van der Waals surface area contributed by atoms with Crippen molar-refractivity contribution in [3.8, 4) is 0 Å². The molecule has 0 aromatic heterocycles. The third kappa shape index (κ3) is 6.08. The van der Waals surface area contributed by atoms with Crippen molar-refractivity contribution in [2.75, 3.05) is 25.9 Å². The van der Waals surface area contributed by atoms with E-state index in [-0.39, 0.29) is 12.5 Å². The predicted molar refractivity (Wildman–Crippen MR) is 79.9 cm³/mol. The average molecular weight is 296 g/mol. The molecule has 20 heavy (non-hydrogen) atoms. The second-order valence-corrected chi connectivity index (χ2v) is 5.61. The molecule has 0 aliphatic heterocycles. The second kappa shape index (κ2) is 8.60. The van der Waals surface area contributed by atoms with E-state index in [2.05, 4.69) is 5.32 Å². The highest BCUT2D eigenvalue weighted by atomic mass is 32.2. The van der Waals surface area contributed by atoms with Crippen molar-refractivity contribution in [1.82, 2.24) is 10.2 Å². The van der Waals surface area contributed by atoms with Crippen LogP contribution in [0.4, 0.5) is 0 Å². The van der Waals surface area contributed by atoms with Gasteiger partial charge in [-0.1, -0.05) is 18.2 Å². The van der Waals surface area contributed by atoms with Gasteiger partial charge in [-0.3, -0.25) is 14.5 Å². The van der Waals surface area contributed by atoms with Gasteiger partial charge in [0.2, 0.25) is 5.91 Å². The smallest absolute Gasteiger partial charge is 0.320 e. The highest BCUT2D eigenvalue weighted by molar-refractivity contribution is 7.99. The number of benzene rings is 1. The summed E-state index contributed by atoms with van der Waals surface area (Å²) in [6, 6.07) is 9.29. The summed E-state index contributed by atoms with van der Waals surface area (Å²) in [6.45, 7) is 2.21. The molecular formula is C14H20N2O3S. The fourth-order valence-corrected chi connectivity index (χ4v) is 2.27. The van der Waals surface area contributed by atoms with Crippen molar-refractivity contribution in [1.29, 1.82) is 0 Å². The Bertz CT molecular complexity index is 439. The first-order chi connectivity index (χ1) is 9.50. The molecule has 0 saturated heterocycles. The molecule has 0 spiro atoms. The Morgan fingerprint density at radius 1 is 1.35 bits per heavy atom. The summed E-state index contributed by atoms with van der Waals surface area (Å²) in [7, 11) is 1.62. The van der Waals surface area contributed by atoms with E-state index in [1.165, 1.54) is 9.80 Å². The van der Waals surface area contributed by atoms with Crippen molar-refractivity contribution >= 4 is 23.6 Å². The number of carbonyl (C=O) groups excluding carboxylic acids is 1. The highest BCUT2D eigenvalue weighted by Gasteiger charge is 2.18. The van der Waals surface area contributed by atoms with Gasteiger partial charge in [0.05, 0.1) is 6.54 Å². The van der Waals surface area contributed by atoms with E-state index in [4.69, 9.17) is 5.11 Å². The predicted octanol–water partition coefficient (Wildman–Crippen LogP) is 1.30. The third-order valence-corrected chi connectivity index (χ3v) is 3.86. The SMILES string of the molecule is CC(C(=O)O)N(C)CC(=O)NCCSc1ccccc1. The maximum Gasteiger partial charge on any atom is 0.320 e. The fraction of sp³-hybridized carbons (Fsp3) is 0.429. The van der Waals surface area contributed by atoms with Crippen molar-refractivity contribution < 1.29 is 14.7 Å². The number of nitrogens with one attached hydrogen (secondary N) is 1. The van der Waals surface area contributed by atoms with Gasteiger partial charge >= 0.3 is 5.97 Å². The van der Waals surface area contributed by atoms with Crippen LogP contribution in [0.2, 0.25) is 0 Å². The lowest BCUT2D eigenvalue weighted by Gasteiger charge is -2.20. The summed E-state index contributed by atoms with van der Waals surface area (Å²) < 4.78 is 0. The average Bonchev–Trinajstić information content (AvgIpc) is 2.43. The number of carboxylic acid groups (broad SMARTS) is 1. The first-order valence-electron chi connectivity index (χ1n) is 6.38. The zero-order valence-electron chi connectivity index (χ0n) is 11.7. The number of carbonyl (C=O) groups is 2. The Hall–Kier alpha value is -1.53. The molecule has 6 heteroatoms. The zero-order chi connectivity index (χ0) is 15.0. The van der Waals surface area contributed by atoms with Crippen LogP contribution < -0.4 is 5.32 Å². The van der Waals surface area contributed by atoms with Crippen LogP contribution >= 0.6 is 11.8 Å². The first-order valence-corrected chi connectivity index (χ1v) is 7.37. The number of rotatable bonds is 8. The Morgan fingerprint density at radius 3 is 2.60 bits per heavy atom. The third-order valence-electron chi connectivity index (χ3n) is 2.85. The normalized spacial score (nSPS) is 12.2. The molecule has 0 radical (unpaired) electrons. The summed E-state index contributed by atoms with van der Waals surface area (Å²) >= 11 is 1.67. The number of nitrogens with zero attached hydrogens (tertiary/aromatic N) is 1.